The van der Waals surface area contributed by atoms with Crippen LogP contribution in [0, 0.1) is 0 Å². The third-order valence-corrected chi connectivity index (χ3v) is 2.69. The predicted octanol–water partition coefficient (Wildman–Crippen LogP) is 1.45. The quantitative estimate of drug-likeness (QED) is 0.617. The molecule has 130 valence electrons. The van der Waals surface area contributed by atoms with Gasteiger partial charge in [0.05, 0.1) is 25.9 Å². The van der Waals surface area contributed by atoms with E-state index in [0.717, 1.165) is 20.3 Å². The van der Waals surface area contributed by atoms with E-state index < -0.39 is 40.8 Å². The van der Waals surface area contributed by atoms with E-state index >= 15 is 0 Å². The summed E-state index contributed by atoms with van der Waals surface area (Å²) in [6.07, 6.45) is -4.06. The molecule has 10 heteroatoms. The van der Waals surface area contributed by atoms with Crippen LogP contribution in [-0.2, 0) is 25.2 Å². The summed E-state index contributed by atoms with van der Waals surface area (Å²) in [6, 6.07) is 2.20. The van der Waals surface area contributed by atoms with Crippen LogP contribution in [0.1, 0.15) is 15.9 Å². The van der Waals surface area contributed by atoms with Gasteiger partial charge in [-0.1, -0.05) is 0 Å². The lowest BCUT2D eigenvalue weighted by Crippen LogP contribution is -2.18. The summed E-state index contributed by atoms with van der Waals surface area (Å²) in [5.41, 5.74) is 2.62. The maximum Gasteiger partial charge on any atom is 0.416 e. The smallest absolute Gasteiger partial charge is 0.416 e. The lowest BCUT2D eigenvalue weighted by atomic mass is 10.1. The van der Waals surface area contributed by atoms with Gasteiger partial charge in [0.15, 0.2) is 0 Å². The van der Waals surface area contributed by atoms with Crippen LogP contribution in [0.2, 0.25) is 0 Å². The first-order chi connectivity index (χ1) is 11.1. The number of hydrogen-bond donors (Lipinski definition) is 2. The standard InChI is InChI=1S/C14H13F3N2O5/c1-23-11(20)6-10(13(22)24-2)19-9-4-7(12(18)21)3-8(5-9)14(15,16)17/h3-6,19H,1-2H3,(H2,18,21)/b10-6+. The van der Waals surface area contributed by atoms with Crippen molar-refractivity contribution in [2.24, 2.45) is 5.73 Å². The van der Waals surface area contributed by atoms with Crippen molar-refractivity contribution in [1.29, 1.82) is 0 Å². The van der Waals surface area contributed by atoms with Crippen LogP contribution < -0.4 is 11.1 Å². The average Bonchev–Trinajstić information content (AvgIpc) is 2.52. The molecule has 0 aliphatic carbocycles. The molecular weight excluding hydrogens is 333 g/mol. The molecule has 24 heavy (non-hydrogen) atoms. The highest BCUT2D eigenvalue weighted by Crippen LogP contribution is 2.32. The molecule has 0 fully saturated rings. The van der Waals surface area contributed by atoms with E-state index in [9.17, 15) is 27.6 Å². The predicted molar refractivity (Wildman–Crippen MR) is 75.7 cm³/mol. The number of rotatable bonds is 5. The molecule has 0 atom stereocenters. The van der Waals surface area contributed by atoms with Gasteiger partial charge in [-0.05, 0) is 18.2 Å². The molecule has 0 saturated heterocycles. The molecule has 1 aromatic carbocycles. The van der Waals surface area contributed by atoms with Crippen LogP contribution >= 0.6 is 0 Å². The number of alkyl halides is 3. The number of primary amides is 1. The fourth-order valence-electron chi connectivity index (χ4n) is 1.59. The molecule has 1 amide bonds. The van der Waals surface area contributed by atoms with Crippen molar-refractivity contribution in [2.45, 2.75) is 6.18 Å². The number of amides is 1. The SMILES string of the molecule is COC(=O)/C=C(/Nc1cc(C(N)=O)cc(C(F)(F)F)c1)C(=O)OC. The fraction of sp³-hybridized carbons (Fsp3) is 0.214. The molecular formula is C14H13F3N2O5. The van der Waals surface area contributed by atoms with Gasteiger partial charge < -0.3 is 20.5 Å². The Morgan fingerprint density at radius 1 is 1.12 bits per heavy atom. The lowest BCUT2D eigenvalue weighted by molar-refractivity contribution is -0.138. The Morgan fingerprint density at radius 3 is 2.21 bits per heavy atom. The van der Waals surface area contributed by atoms with Gasteiger partial charge in [0.25, 0.3) is 0 Å². The van der Waals surface area contributed by atoms with E-state index in [1.807, 2.05) is 0 Å². The van der Waals surface area contributed by atoms with Crippen molar-refractivity contribution in [3.05, 3.63) is 41.1 Å². The summed E-state index contributed by atoms with van der Waals surface area (Å²) in [4.78, 5) is 34.0. The second-order valence-electron chi connectivity index (χ2n) is 4.36. The van der Waals surface area contributed by atoms with E-state index in [-0.39, 0.29) is 5.69 Å². The molecule has 0 spiro atoms. The van der Waals surface area contributed by atoms with Crippen molar-refractivity contribution < 1.29 is 37.0 Å². The Morgan fingerprint density at radius 2 is 1.75 bits per heavy atom. The van der Waals surface area contributed by atoms with Gasteiger partial charge in [0.1, 0.15) is 5.70 Å². The topological polar surface area (TPSA) is 108 Å². The summed E-state index contributed by atoms with van der Waals surface area (Å²) in [5, 5.41) is 2.28. The van der Waals surface area contributed by atoms with Crippen LogP contribution in [0.15, 0.2) is 30.0 Å². The number of nitrogens with two attached hydrogens (primary N) is 1. The summed E-state index contributed by atoms with van der Waals surface area (Å²) in [5.74, 6) is -3.07. The van der Waals surface area contributed by atoms with Gasteiger partial charge in [0, 0.05) is 11.3 Å². The van der Waals surface area contributed by atoms with Gasteiger partial charge in [0.2, 0.25) is 5.91 Å². The van der Waals surface area contributed by atoms with Gasteiger partial charge in [-0.15, -0.1) is 0 Å². The zero-order chi connectivity index (χ0) is 18.5. The lowest BCUT2D eigenvalue weighted by Gasteiger charge is -2.13. The van der Waals surface area contributed by atoms with Gasteiger partial charge in [-0.25, -0.2) is 9.59 Å². The molecule has 1 rings (SSSR count). The van der Waals surface area contributed by atoms with Crippen molar-refractivity contribution >= 4 is 23.5 Å². The number of ether oxygens (including phenoxy) is 2. The molecule has 0 unspecified atom stereocenters. The second kappa shape index (κ2) is 7.49. The zero-order valence-electron chi connectivity index (χ0n) is 12.6. The highest BCUT2D eigenvalue weighted by atomic mass is 19.4. The van der Waals surface area contributed by atoms with Crippen LogP contribution in [0.5, 0.6) is 0 Å². The highest BCUT2D eigenvalue weighted by Gasteiger charge is 2.32. The number of hydrogen-bond acceptors (Lipinski definition) is 6. The van der Waals surface area contributed by atoms with Gasteiger partial charge >= 0.3 is 18.1 Å². The zero-order valence-corrected chi connectivity index (χ0v) is 12.6. The number of methoxy groups -OCH3 is 2. The van der Waals surface area contributed by atoms with Crippen molar-refractivity contribution in [1.82, 2.24) is 0 Å². The molecule has 0 aromatic heterocycles. The third kappa shape index (κ3) is 5.00. The number of esters is 2. The fourth-order valence-corrected chi connectivity index (χ4v) is 1.59. The molecule has 3 N–H and O–H groups in total. The number of carbonyl (C=O) groups excluding carboxylic acids is 3. The Kier molecular flexibility index (Phi) is 5.93. The summed E-state index contributed by atoms with van der Waals surface area (Å²) < 4.78 is 47.4. The third-order valence-electron chi connectivity index (χ3n) is 2.69. The van der Waals surface area contributed by atoms with E-state index in [0.29, 0.717) is 18.2 Å². The molecule has 1 aromatic rings. The average molecular weight is 346 g/mol. The Labute approximate surface area is 134 Å². The van der Waals surface area contributed by atoms with Gasteiger partial charge in [-0.3, -0.25) is 4.79 Å². The van der Waals surface area contributed by atoms with Crippen molar-refractivity contribution in [2.75, 3.05) is 19.5 Å². The van der Waals surface area contributed by atoms with E-state index in [1.54, 1.807) is 0 Å². The second-order valence-corrected chi connectivity index (χ2v) is 4.36. The number of halogens is 3. The normalized spacial score (nSPS) is 11.6. The van der Waals surface area contributed by atoms with Gasteiger partial charge in [-0.2, -0.15) is 13.2 Å². The first-order valence-electron chi connectivity index (χ1n) is 6.25. The number of anilines is 1. The van der Waals surface area contributed by atoms with E-state index in [1.165, 1.54) is 0 Å². The minimum absolute atomic E-state index is 0.292. The van der Waals surface area contributed by atoms with Crippen LogP contribution in [-0.4, -0.2) is 32.1 Å². The molecule has 0 saturated carbocycles. The summed E-state index contributed by atoms with van der Waals surface area (Å²) in [6.45, 7) is 0. The number of nitrogens with one attached hydrogen (secondary N) is 1. The maximum atomic E-state index is 12.9. The molecule has 0 aliphatic rings. The number of benzene rings is 1. The minimum Gasteiger partial charge on any atom is -0.466 e. The first kappa shape index (κ1) is 19.0. The molecule has 0 bridgehead atoms. The monoisotopic (exact) mass is 346 g/mol. The van der Waals surface area contributed by atoms with Crippen molar-refractivity contribution in [3.63, 3.8) is 0 Å². The molecule has 0 heterocycles. The Balaban J connectivity index is 3.35. The number of carbonyl (C=O) groups is 3. The highest BCUT2D eigenvalue weighted by molar-refractivity contribution is 5.99. The Hall–Kier alpha value is -3.04. The summed E-state index contributed by atoms with van der Waals surface area (Å²) in [7, 11) is 2.05. The summed E-state index contributed by atoms with van der Waals surface area (Å²) >= 11 is 0. The largest absolute Gasteiger partial charge is 0.466 e. The van der Waals surface area contributed by atoms with Crippen LogP contribution in [0.4, 0.5) is 18.9 Å². The van der Waals surface area contributed by atoms with Crippen molar-refractivity contribution in [3.8, 4) is 0 Å². The Bertz CT molecular complexity index is 698. The van der Waals surface area contributed by atoms with E-state index in [4.69, 9.17) is 5.73 Å². The molecule has 7 nitrogen and oxygen atoms in total. The van der Waals surface area contributed by atoms with Crippen LogP contribution in [0.25, 0.3) is 0 Å². The maximum absolute atomic E-state index is 12.9. The minimum atomic E-state index is -4.75. The van der Waals surface area contributed by atoms with E-state index in [2.05, 4.69) is 14.8 Å². The molecule has 0 aliphatic heterocycles. The van der Waals surface area contributed by atoms with Crippen LogP contribution in [0.3, 0.4) is 0 Å². The first-order valence-corrected chi connectivity index (χ1v) is 6.25. The molecule has 0 radical (unpaired) electrons.